The standard InChI is InChI=1S/C15H31NO3/c1-7-19-14(17)15(6,16-13(4)5)9-8-10-18-11-12(2)3/h12-13,16H,7-11H2,1-6H3. The molecule has 0 aliphatic carbocycles. The number of hydrogen-bond acceptors (Lipinski definition) is 4. The fourth-order valence-corrected chi connectivity index (χ4v) is 2.01. The molecule has 4 nitrogen and oxygen atoms in total. The lowest BCUT2D eigenvalue weighted by Crippen LogP contribution is -2.53. The molecule has 19 heavy (non-hydrogen) atoms. The largest absolute Gasteiger partial charge is 0.465 e. The molecule has 0 saturated heterocycles. The van der Waals surface area contributed by atoms with Crippen molar-refractivity contribution in [2.75, 3.05) is 19.8 Å². The topological polar surface area (TPSA) is 47.6 Å². The minimum atomic E-state index is -0.620. The third-order valence-electron chi connectivity index (χ3n) is 2.75. The average molecular weight is 273 g/mol. The fourth-order valence-electron chi connectivity index (χ4n) is 2.01. The predicted octanol–water partition coefficient (Wildman–Crippen LogP) is 2.76. The molecule has 0 saturated carbocycles. The molecule has 0 aromatic heterocycles. The second-order valence-electron chi connectivity index (χ2n) is 5.92. The average Bonchev–Trinajstić information content (AvgIpc) is 2.27. The van der Waals surface area contributed by atoms with Gasteiger partial charge in [-0.3, -0.25) is 10.1 Å². The Hall–Kier alpha value is -0.610. The molecule has 0 aromatic rings. The maximum Gasteiger partial charge on any atom is 0.326 e. The van der Waals surface area contributed by atoms with Crippen LogP contribution in [0.5, 0.6) is 0 Å². The van der Waals surface area contributed by atoms with Gasteiger partial charge >= 0.3 is 5.97 Å². The number of rotatable bonds is 10. The number of carbonyl (C=O) groups excluding carboxylic acids is 1. The lowest BCUT2D eigenvalue weighted by molar-refractivity contribution is -0.151. The molecule has 1 N–H and O–H groups in total. The lowest BCUT2D eigenvalue weighted by Gasteiger charge is -2.30. The number of esters is 1. The zero-order valence-electron chi connectivity index (χ0n) is 13.4. The van der Waals surface area contributed by atoms with Gasteiger partial charge in [-0.05, 0) is 46.5 Å². The third kappa shape index (κ3) is 8.22. The summed E-state index contributed by atoms with van der Waals surface area (Å²) in [6.07, 6.45) is 1.57. The van der Waals surface area contributed by atoms with E-state index in [4.69, 9.17) is 9.47 Å². The predicted molar refractivity (Wildman–Crippen MR) is 78.2 cm³/mol. The van der Waals surface area contributed by atoms with E-state index in [2.05, 4.69) is 19.2 Å². The van der Waals surface area contributed by atoms with Crippen LogP contribution in [0.15, 0.2) is 0 Å². The molecule has 0 aliphatic rings. The van der Waals surface area contributed by atoms with Crippen LogP contribution in [0.2, 0.25) is 0 Å². The van der Waals surface area contributed by atoms with Crippen molar-refractivity contribution in [3.63, 3.8) is 0 Å². The first kappa shape index (κ1) is 18.4. The Balaban J connectivity index is 4.23. The van der Waals surface area contributed by atoms with E-state index < -0.39 is 5.54 Å². The van der Waals surface area contributed by atoms with Crippen LogP contribution in [-0.4, -0.2) is 37.4 Å². The molecule has 0 rings (SSSR count). The van der Waals surface area contributed by atoms with E-state index in [0.717, 1.165) is 19.4 Å². The van der Waals surface area contributed by atoms with E-state index in [1.165, 1.54) is 0 Å². The van der Waals surface area contributed by atoms with Crippen LogP contribution >= 0.6 is 0 Å². The second kappa shape index (κ2) is 9.32. The molecule has 1 unspecified atom stereocenters. The van der Waals surface area contributed by atoms with Crippen molar-refractivity contribution in [3.05, 3.63) is 0 Å². The van der Waals surface area contributed by atoms with Crippen LogP contribution < -0.4 is 5.32 Å². The summed E-state index contributed by atoms with van der Waals surface area (Å²) in [5.41, 5.74) is -0.620. The van der Waals surface area contributed by atoms with Crippen molar-refractivity contribution >= 4 is 5.97 Å². The molecule has 1 atom stereocenters. The van der Waals surface area contributed by atoms with Crippen molar-refractivity contribution < 1.29 is 14.3 Å². The van der Waals surface area contributed by atoms with Gasteiger partial charge in [0.05, 0.1) is 6.61 Å². The SMILES string of the molecule is CCOC(=O)C(C)(CCCOCC(C)C)NC(C)C. The van der Waals surface area contributed by atoms with E-state index in [1.807, 2.05) is 27.7 Å². The highest BCUT2D eigenvalue weighted by Gasteiger charge is 2.34. The molecule has 0 radical (unpaired) electrons. The molecule has 0 spiro atoms. The van der Waals surface area contributed by atoms with Crippen LogP contribution in [0.1, 0.15) is 54.4 Å². The van der Waals surface area contributed by atoms with Gasteiger partial charge in [-0.2, -0.15) is 0 Å². The molecule has 114 valence electrons. The number of nitrogens with one attached hydrogen (secondary N) is 1. The van der Waals surface area contributed by atoms with E-state index in [1.54, 1.807) is 0 Å². The monoisotopic (exact) mass is 273 g/mol. The molecule has 0 aliphatic heterocycles. The van der Waals surface area contributed by atoms with Gasteiger partial charge in [0.15, 0.2) is 0 Å². The van der Waals surface area contributed by atoms with Gasteiger partial charge < -0.3 is 9.47 Å². The van der Waals surface area contributed by atoms with Crippen LogP contribution in [0.4, 0.5) is 0 Å². The number of ether oxygens (including phenoxy) is 2. The first-order valence-electron chi connectivity index (χ1n) is 7.34. The third-order valence-corrected chi connectivity index (χ3v) is 2.75. The Morgan fingerprint density at radius 1 is 1.26 bits per heavy atom. The van der Waals surface area contributed by atoms with Crippen molar-refractivity contribution in [1.29, 1.82) is 0 Å². The van der Waals surface area contributed by atoms with E-state index in [0.29, 0.717) is 19.1 Å². The molecule has 0 amide bonds. The molecule has 0 heterocycles. The Kier molecular flexibility index (Phi) is 9.02. The van der Waals surface area contributed by atoms with Crippen LogP contribution in [0.25, 0.3) is 0 Å². The highest BCUT2D eigenvalue weighted by atomic mass is 16.5. The Labute approximate surface area is 118 Å². The van der Waals surface area contributed by atoms with E-state index >= 15 is 0 Å². The quantitative estimate of drug-likeness (QED) is 0.491. The lowest BCUT2D eigenvalue weighted by atomic mass is 9.95. The molecule has 0 bridgehead atoms. The second-order valence-corrected chi connectivity index (χ2v) is 5.92. The first-order chi connectivity index (χ1) is 8.81. The van der Waals surface area contributed by atoms with Gasteiger partial charge in [-0.15, -0.1) is 0 Å². The van der Waals surface area contributed by atoms with E-state index in [-0.39, 0.29) is 12.0 Å². The summed E-state index contributed by atoms with van der Waals surface area (Å²) in [7, 11) is 0. The summed E-state index contributed by atoms with van der Waals surface area (Å²) in [4.78, 5) is 12.0. The smallest absolute Gasteiger partial charge is 0.326 e. The van der Waals surface area contributed by atoms with Gasteiger partial charge in [-0.25, -0.2) is 0 Å². The molecule has 0 fully saturated rings. The zero-order valence-corrected chi connectivity index (χ0v) is 13.4. The summed E-state index contributed by atoms with van der Waals surface area (Å²) < 4.78 is 10.7. The zero-order chi connectivity index (χ0) is 14.9. The van der Waals surface area contributed by atoms with Crippen molar-refractivity contribution in [3.8, 4) is 0 Å². The maximum atomic E-state index is 12.0. The van der Waals surface area contributed by atoms with Crippen molar-refractivity contribution in [2.24, 2.45) is 5.92 Å². The molecule has 4 heteroatoms. The summed E-state index contributed by atoms with van der Waals surface area (Å²) in [5.74, 6) is 0.373. The molecule has 0 aromatic carbocycles. The summed E-state index contributed by atoms with van der Waals surface area (Å²) in [6.45, 7) is 13.9. The van der Waals surface area contributed by atoms with Crippen molar-refractivity contribution in [1.82, 2.24) is 5.32 Å². The number of carbonyl (C=O) groups is 1. The maximum absolute atomic E-state index is 12.0. The number of hydrogen-bond donors (Lipinski definition) is 1. The van der Waals surface area contributed by atoms with Crippen LogP contribution in [0, 0.1) is 5.92 Å². The first-order valence-corrected chi connectivity index (χ1v) is 7.34. The highest BCUT2D eigenvalue weighted by Crippen LogP contribution is 2.16. The van der Waals surface area contributed by atoms with Gasteiger partial charge in [0.2, 0.25) is 0 Å². The Morgan fingerprint density at radius 3 is 2.37 bits per heavy atom. The van der Waals surface area contributed by atoms with E-state index in [9.17, 15) is 4.79 Å². The fraction of sp³-hybridized carbons (Fsp3) is 0.933. The highest BCUT2D eigenvalue weighted by molar-refractivity contribution is 5.80. The van der Waals surface area contributed by atoms with Crippen LogP contribution in [0.3, 0.4) is 0 Å². The minimum absolute atomic E-state index is 0.174. The summed E-state index contributed by atoms with van der Waals surface area (Å²) in [6, 6.07) is 0.242. The van der Waals surface area contributed by atoms with Crippen molar-refractivity contribution in [2.45, 2.75) is 66.0 Å². The van der Waals surface area contributed by atoms with Gasteiger partial charge in [-0.1, -0.05) is 13.8 Å². The van der Waals surface area contributed by atoms with Gasteiger partial charge in [0.25, 0.3) is 0 Å². The van der Waals surface area contributed by atoms with Crippen LogP contribution in [-0.2, 0) is 14.3 Å². The van der Waals surface area contributed by atoms with Gasteiger partial charge in [0.1, 0.15) is 5.54 Å². The minimum Gasteiger partial charge on any atom is -0.465 e. The normalized spacial score (nSPS) is 14.7. The molecular formula is C15H31NO3. The Bertz CT molecular complexity index is 254. The van der Waals surface area contributed by atoms with Gasteiger partial charge in [0, 0.05) is 19.3 Å². The summed E-state index contributed by atoms with van der Waals surface area (Å²) in [5, 5.41) is 3.31. The summed E-state index contributed by atoms with van der Waals surface area (Å²) >= 11 is 0. The Morgan fingerprint density at radius 2 is 1.89 bits per heavy atom. The molecular weight excluding hydrogens is 242 g/mol.